The number of hydrogen-bond donors (Lipinski definition) is 4. The Bertz CT molecular complexity index is 1560. The molecule has 1 fully saturated rings. The molecule has 0 aliphatic heterocycles. The number of nitrogens with zero attached hydrogens (tertiary/aromatic N) is 1. The van der Waals surface area contributed by atoms with E-state index >= 15 is 0 Å². The lowest BCUT2D eigenvalue weighted by Gasteiger charge is -2.31. The smallest absolute Gasteiger partial charge is 0.243 e. The molecule has 3 aromatic rings. The van der Waals surface area contributed by atoms with E-state index in [1.807, 2.05) is 56.3 Å². The number of sulfonamides is 1. The molecule has 2 amide bonds. The molecule has 0 spiro atoms. The number of aliphatic hydroxyl groups excluding tert-OH is 1. The molecule has 5 N–H and O–H groups in total. The van der Waals surface area contributed by atoms with Crippen LogP contribution in [0, 0.1) is 17.7 Å². The topological polar surface area (TPSA) is 142 Å². The predicted molar refractivity (Wildman–Crippen MR) is 170 cm³/mol. The number of nitrogens with two attached hydrogens (primary N) is 1. The number of nitrogen functional groups attached to an aromatic ring is 1. The normalized spacial score (nSPS) is 15.0. The zero-order chi connectivity index (χ0) is 31.9. The van der Waals surface area contributed by atoms with Crippen LogP contribution in [0.4, 0.5) is 10.1 Å². The van der Waals surface area contributed by atoms with Crippen molar-refractivity contribution in [3.63, 3.8) is 0 Å². The van der Waals surface area contributed by atoms with Gasteiger partial charge in [0.2, 0.25) is 21.8 Å². The maximum atomic E-state index is 13.7. The van der Waals surface area contributed by atoms with Gasteiger partial charge in [0, 0.05) is 31.5 Å². The van der Waals surface area contributed by atoms with Gasteiger partial charge in [0.05, 0.1) is 17.2 Å². The number of unbranched alkanes of at least 4 members (excludes halogenated alkanes) is 1. The molecule has 0 unspecified atom stereocenters. The number of anilines is 1. The molecule has 1 aliphatic rings. The van der Waals surface area contributed by atoms with E-state index in [4.69, 9.17) is 5.73 Å². The summed E-state index contributed by atoms with van der Waals surface area (Å²) < 4.78 is 42.0. The quantitative estimate of drug-likeness (QED) is 0.140. The standard InChI is InChI=1S/C33H43FN4O5S/c1-22(2)20-38(44(42,43)28-14-15-29(34)30(35)19-28)27(21-39)9-5-6-16-36-33(41)31(37-32(40)25-12-13-25)18-23-10-11-24-7-3-4-8-26(24)17-23/h3-4,7-8,10-11,14-15,17,19,22,25,27,31,39H,5-6,9,12-13,16,18,20-21,35H2,1-2H3,(H,36,41)(H,37,40)/t27-,31-/m0/s1. The first-order chi connectivity index (χ1) is 21.0. The van der Waals surface area contributed by atoms with Crippen LogP contribution in [0.1, 0.15) is 51.5 Å². The molecule has 11 heteroatoms. The average molecular weight is 627 g/mol. The molecule has 0 bridgehead atoms. The second kappa shape index (κ2) is 15.0. The highest BCUT2D eigenvalue weighted by molar-refractivity contribution is 7.89. The minimum Gasteiger partial charge on any atom is -0.396 e. The van der Waals surface area contributed by atoms with Gasteiger partial charge in [-0.3, -0.25) is 9.59 Å². The molecular formula is C33H43FN4O5S. The van der Waals surface area contributed by atoms with Crippen molar-refractivity contribution in [3.8, 4) is 0 Å². The monoisotopic (exact) mass is 626 g/mol. The van der Waals surface area contributed by atoms with Crippen LogP contribution in [0.3, 0.4) is 0 Å². The van der Waals surface area contributed by atoms with Gasteiger partial charge in [-0.2, -0.15) is 4.31 Å². The number of rotatable bonds is 16. The van der Waals surface area contributed by atoms with E-state index in [0.717, 1.165) is 41.3 Å². The Morgan fingerprint density at radius 3 is 2.43 bits per heavy atom. The first kappa shape index (κ1) is 33.4. The third-order valence-electron chi connectivity index (χ3n) is 7.84. The van der Waals surface area contributed by atoms with Crippen molar-refractivity contribution in [2.45, 2.75) is 69.4 Å². The van der Waals surface area contributed by atoms with Crippen molar-refractivity contribution in [1.29, 1.82) is 0 Å². The zero-order valence-electron chi connectivity index (χ0n) is 25.3. The van der Waals surface area contributed by atoms with Crippen LogP contribution < -0.4 is 16.4 Å². The molecule has 9 nitrogen and oxygen atoms in total. The summed E-state index contributed by atoms with van der Waals surface area (Å²) in [5, 5.41) is 18.2. The van der Waals surface area contributed by atoms with E-state index in [9.17, 15) is 27.5 Å². The Labute approximate surface area is 259 Å². The van der Waals surface area contributed by atoms with Crippen LogP contribution in [0.2, 0.25) is 0 Å². The van der Waals surface area contributed by atoms with Crippen LogP contribution in [0.15, 0.2) is 65.6 Å². The predicted octanol–water partition coefficient (Wildman–Crippen LogP) is 3.99. The molecule has 238 valence electrons. The van der Waals surface area contributed by atoms with E-state index in [-0.39, 0.29) is 40.8 Å². The van der Waals surface area contributed by atoms with Crippen molar-refractivity contribution in [3.05, 3.63) is 72.0 Å². The minimum absolute atomic E-state index is 0.0266. The molecule has 0 aromatic heterocycles. The van der Waals surface area contributed by atoms with Gasteiger partial charge < -0.3 is 21.5 Å². The number of aliphatic hydroxyl groups is 1. The summed E-state index contributed by atoms with van der Waals surface area (Å²) in [6.45, 7) is 3.86. The summed E-state index contributed by atoms with van der Waals surface area (Å²) in [4.78, 5) is 25.7. The molecule has 44 heavy (non-hydrogen) atoms. The van der Waals surface area contributed by atoms with Gasteiger partial charge in [-0.05, 0) is 66.1 Å². The lowest BCUT2D eigenvalue weighted by atomic mass is 10.0. The number of carbonyl (C=O) groups excluding carboxylic acids is 2. The maximum absolute atomic E-state index is 13.7. The Kier molecular flexibility index (Phi) is 11.3. The van der Waals surface area contributed by atoms with Crippen LogP contribution >= 0.6 is 0 Å². The SMILES string of the molecule is CC(C)CN([C@H](CO)CCCCNC(=O)[C@H](Cc1ccc2ccccc2c1)NC(=O)C1CC1)S(=O)(=O)c1ccc(F)c(N)c1. The number of halogens is 1. The van der Waals surface area contributed by atoms with Gasteiger partial charge in [-0.25, -0.2) is 12.8 Å². The Morgan fingerprint density at radius 2 is 1.77 bits per heavy atom. The molecule has 4 rings (SSSR count). The third kappa shape index (κ3) is 8.77. The number of benzene rings is 3. The molecule has 0 saturated heterocycles. The molecule has 0 radical (unpaired) electrons. The van der Waals surface area contributed by atoms with E-state index in [2.05, 4.69) is 10.6 Å². The lowest BCUT2D eigenvalue weighted by Crippen LogP contribution is -2.48. The number of carbonyl (C=O) groups is 2. The number of nitrogens with one attached hydrogen (secondary N) is 2. The Morgan fingerprint density at radius 1 is 1.05 bits per heavy atom. The van der Waals surface area contributed by atoms with Gasteiger partial charge in [0.15, 0.2) is 0 Å². The fourth-order valence-corrected chi connectivity index (χ4v) is 7.08. The molecule has 1 saturated carbocycles. The third-order valence-corrected chi connectivity index (χ3v) is 9.75. The van der Waals surface area contributed by atoms with Gasteiger partial charge in [-0.15, -0.1) is 0 Å². The van der Waals surface area contributed by atoms with E-state index < -0.39 is 34.5 Å². The van der Waals surface area contributed by atoms with Gasteiger partial charge in [-0.1, -0.05) is 62.7 Å². The summed E-state index contributed by atoms with van der Waals surface area (Å²) >= 11 is 0. The summed E-state index contributed by atoms with van der Waals surface area (Å²) in [6.07, 6.45) is 3.46. The summed E-state index contributed by atoms with van der Waals surface area (Å²) in [7, 11) is -4.05. The largest absolute Gasteiger partial charge is 0.396 e. The van der Waals surface area contributed by atoms with Crippen molar-refractivity contribution >= 4 is 38.3 Å². The van der Waals surface area contributed by atoms with Gasteiger partial charge >= 0.3 is 0 Å². The van der Waals surface area contributed by atoms with Crippen LogP contribution in [0.5, 0.6) is 0 Å². The van der Waals surface area contributed by atoms with E-state index in [1.54, 1.807) is 0 Å². The fraction of sp³-hybridized carbons (Fsp3) is 0.455. The van der Waals surface area contributed by atoms with Crippen LogP contribution in [0.25, 0.3) is 10.8 Å². The number of amides is 2. The first-order valence-electron chi connectivity index (χ1n) is 15.2. The van der Waals surface area contributed by atoms with Gasteiger partial charge in [0.1, 0.15) is 11.9 Å². The van der Waals surface area contributed by atoms with Gasteiger partial charge in [0.25, 0.3) is 0 Å². The lowest BCUT2D eigenvalue weighted by molar-refractivity contribution is -0.129. The second-order valence-electron chi connectivity index (χ2n) is 12.0. The highest BCUT2D eigenvalue weighted by atomic mass is 32.2. The maximum Gasteiger partial charge on any atom is 0.243 e. The van der Waals surface area contributed by atoms with Crippen molar-refractivity contribution in [2.75, 3.05) is 25.4 Å². The summed E-state index contributed by atoms with van der Waals surface area (Å²) in [5.41, 5.74) is 6.31. The highest BCUT2D eigenvalue weighted by Crippen LogP contribution is 2.29. The zero-order valence-corrected chi connectivity index (χ0v) is 26.2. The summed E-state index contributed by atoms with van der Waals surface area (Å²) in [6, 6.07) is 15.8. The second-order valence-corrected chi connectivity index (χ2v) is 13.9. The Hall–Kier alpha value is -3.54. The number of hydrogen-bond acceptors (Lipinski definition) is 6. The average Bonchev–Trinajstić information content (AvgIpc) is 3.85. The van der Waals surface area contributed by atoms with E-state index in [1.165, 1.54) is 10.4 Å². The molecule has 1 aliphatic carbocycles. The Balaban J connectivity index is 1.35. The summed E-state index contributed by atoms with van der Waals surface area (Å²) in [5.74, 6) is -1.14. The van der Waals surface area contributed by atoms with Crippen LogP contribution in [-0.4, -0.2) is 61.4 Å². The highest BCUT2D eigenvalue weighted by Gasteiger charge is 2.33. The first-order valence-corrected chi connectivity index (χ1v) is 16.7. The van der Waals surface area contributed by atoms with Crippen LogP contribution in [-0.2, 0) is 26.0 Å². The van der Waals surface area contributed by atoms with Crippen molar-refractivity contribution in [2.24, 2.45) is 11.8 Å². The minimum atomic E-state index is -4.05. The fourth-order valence-electron chi connectivity index (χ4n) is 5.23. The molecular weight excluding hydrogens is 583 g/mol. The van der Waals surface area contributed by atoms with Crippen molar-refractivity contribution in [1.82, 2.24) is 14.9 Å². The van der Waals surface area contributed by atoms with E-state index in [0.29, 0.717) is 32.2 Å². The molecule has 0 heterocycles. The molecule has 2 atom stereocenters. The number of fused-ring (bicyclic) bond motifs is 1. The molecule has 3 aromatic carbocycles. The van der Waals surface area contributed by atoms with Crippen molar-refractivity contribution < 1.29 is 27.5 Å².